The highest BCUT2D eigenvalue weighted by atomic mass is 19.1. The molecule has 0 bridgehead atoms. The Morgan fingerprint density at radius 2 is 2.15 bits per heavy atom. The third kappa shape index (κ3) is 1.61. The summed E-state index contributed by atoms with van der Waals surface area (Å²) in [7, 11) is 3.04. The van der Waals surface area contributed by atoms with Gasteiger partial charge in [-0.2, -0.15) is 0 Å². The molecular weight excluding hydrogens is 263 g/mol. The Morgan fingerprint density at radius 1 is 1.40 bits per heavy atom. The van der Waals surface area contributed by atoms with Crippen molar-refractivity contribution in [3.05, 3.63) is 45.5 Å². The van der Waals surface area contributed by atoms with E-state index in [1.807, 2.05) is 12.1 Å². The van der Waals surface area contributed by atoms with Gasteiger partial charge in [0, 0.05) is 30.7 Å². The van der Waals surface area contributed by atoms with Crippen LogP contribution in [0.15, 0.2) is 23.1 Å². The van der Waals surface area contributed by atoms with E-state index in [2.05, 4.69) is 4.74 Å². The molecule has 0 radical (unpaired) electrons. The number of carbonyl (C=O) groups is 1. The number of pyridine rings is 1. The van der Waals surface area contributed by atoms with E-state index in [4.69, 9.17) is 0 Å². The van der Waals surface area contributed by atoms with Gasteiger partial charge in [-0.05, 0) is 18.6 Å². The predicted molar refractivity (Wildman–Crippen MR) is 72.2 cm³/mol. The molecular formula is C14H13FN2O3. The molecule has 0 N–H and O–H groups in total. The lowest BCUT2D eigenvalue weighted by Crippen LogP contribution is -2.38. The second kappa shape index (κ2) is 4.33. The SMILES string of the molecule is COC(=O)c1cn2c3c(c(F)ccc3c1=O)CCN2C. The summed E-state index contributed by atoms with van der Waals surface area (Å²) >= 11 is 0. The maximum atomic E-state index is 13.9. The summed E-state index contributed by atoms with van der Waals surface area (Å²) in [6, 6.07) is 2.69. The fourth-order valence-corrected chi connectivity index (χ4v) is 2.59. The highest BCUT2D eigenvalue weighted by Gasteiger charge is 2.23. The van der Waals surface area contributed by atoms with Gasteiger partial charge in [-0.1, -0.05) is 0 Å². The molecule has 104 valence electrons. The monoisotopic (exact) mass is 276 g/mol. The molecule has 1 aliphatic rings. The van der Waals surface area contributed by atoms with E-state index in [0.717, 1.165) is 0 Å². The third-order valence-electron chi connectivity index (χ3n) is 3.65. The van der Waals surface area contributed by atoms with Crippen LogP contribution in [0, 0.1) is 5.82 Å². The smallest absolute Gasteiger partial charge is 0.343 e. The molecule has 20 heavy (non-hydrogen) atoms. The fraction of sp³-hybridized carbons (Fsp3) is 0.286. The van der Waals surface area contributed by atoms with Crippen molar-refractivity contribution in [2.45, 2.75) is 6.42 Å². The van der Waals surface area contributed by atoms with Crippen LogP contribution in [0.5, 0.6) is 0 Å². The number of ether oxygens (including phenoxy) is 1. The first-order chi connectivity index (χ1) is 9.54. The fourth-order valence-electron chi connectivity index (χ4n) is 2.59. The molecule has 6 heteroatoms. The number of carbonyl (C=O) groups excluding carboxylic acids is 1. The normalized spacial score (nSPS) is 13.7. The van der Waals surface area contributed by atoms with Crippen molar-refractivity contribution in [1.82, 2.24) is 4.68 Å². The Balaban J connectivity index is 2.47. The zero-order valence-electron chi connectivity index (χ0n) is 11.1. The molecule has 0 amide bonds. The first-order valence-electron chi connectivity index (χ1n) is 6.21. The first kappa shape index (κ1) is 12.7. The van der Waals surface area contributed by atoms with E-state index < -0.39 is 11.4 Å². The maximum Gasteiger partial charge on any atom is 0.343 e. The van der Waals surface area contributed by atoms with E-state index >= 15 is 0 Å². The number of hydrogen-bond acceptors (Lipinski definition) is 4. The molecule has 5 nitrogen and oxygen atoms in total. The molecule has 0 spiro atoms. The third-order valence-corrected chi connectivity index (χ3v) is 3.65. The van der Waals surface area contributed by atoms with E-state index in [0.29, 0.717) is 29.4 Å². The second-order valence-corrected chi connectivity index (χ2v) is 4.76. The number of hydrogen-bond donors (Lipinski definition) is 0. The van der Waals surface area contributed by atoms with Crippen molar-refractivity contribution in [2.75, 3.05) is 25.7 Å². The van der Waals surface area contributed by atoms with Crippen LogP contribution in [0.3, 0.4) is 0 Å². The minimum atomic E-state index is -0.689. The first-order valence-corrected chi connectivity index (χ1v) is 6.21. The zero-order valence-corrected chi connectivity index (χ0v) is 11.1. The number of rotatable bonds is 1. The van der Waals surface area contributed by atoms with Gasteiger partial charge in [0.1, 0.15) is 11.4 Å². The molecule has 1 aromatic carbocycles. The predicted octanol–water partition coefficient (Wildman–Crippen LogP) is 1.05. The minimum Gasteiger partial charge on any atom is -0.465 e. The minimum absolute atomic E-state index is 0.0497. The highest BCUT2D eigenvalue weighted by molar-refractivity contribution is 5.94. The van der Waals surface area contributed by atoms with Crippen molar-refractivity contribution in [2.24, 2.45) is 0 Å². The molecule has 0 saturated heterocycles. The summed E-state index contributed by atoms with van der Waals surface area (Å²) < 4.78 is 20.2. The van der Waals surface area contributed by atoms with Gasteiger partial charge < -0.3 is 9.75 Å². The number of aromatic nitrogens is 1. The van der Waals surface area contributed by atoms with Crippen LogP contribution in [0.1, 0.15) is 15.9 Å². The number of benzene rings is 1. The summed E-state index contributed by atoms with van der Waals surface area (Å²) in [6.07, 6.45) is 1.94. The molecule has 0 aliphatic carbocycles. The van der Waals surface area contributed by atoms with Crippen molar-refractivity contribution >= 4 is 16.9 Å². The van der Waals surface area contributed by atoms with Gasteiger partial charge >= 0.3 is 5.97 Å². The number of halogens is 1. The lowest BCUT2D eigenvalue weighted by Gasteiger charge is -2.30. The van der Waals surface area contributed by atoms with Crippen molar-refractivity contribution in [3.63, 3.8) is 0 Å². The van der Waals surface area contributed by atoms with Gasteiger partial charge in [0.25, 0.3) is 0 Å². The molecule has 0 saturated carbocycles. The summed E-state index contributed by atoms with van der Waals surface area (Å²) in [5.41, 5.74) is 0.552. The number of likely N-dealkylation sites (N-methyl/N-ethyl adjacent to an activating group) is 1. The largest absolute Gasteiger partial charge is 0.465 e. The van der Waals surface area contributed by atoms with Crippen LogP contribution >= 0.6 is 0 Å². The van der Waals surface area contributed by atoms with Crippen LogP contribution in [0.25, 0.3) is 10.9 Å². The lowest BCUT2D eigenvalue weighted by atomic mass is 10.0. The Labute approximate surface area is 114 Å². The summed E-state index contributed by atoms with van der Waals surface area (Å²) in [6.45, 7) is 0.604. The van der Waals surface area contributed by atoms with Crippen molar-refractivity contribution < 1.29 is 13.9 Å². The van der Waals surface area contributed by atoms with Crippen molar-refractivity contribution in [1.29, 1.82) is 0 Å². The Morgan fingerprint density at radius 3 is 2.85 bits per heavy atom. The molecule has 1 aliphatic heterocycles. The van der Waals surface area contributed by atoms with Gasteiger partial charge in [0.2, 0.25) is 5.43 Å². The van der Waals surface area contributed by atoms with E-state index in [9.17, 15) is 14.0 Å². The summed E-state index contributed by atoms with van der Waals surface area (Å²) in [5, 5.41) is 2.16. The molecule has 0 fully saturated rings. The summed E-state index contributed by atoms with van der Waals surface area (Å²) in [4.78, 5) is 24.0. The maximum absolute atomic E-state index is 13.9. The van der Waals surface area contributed by atoms with Crippen LogP contribution in [-0.4, -0.2) is 31.3 Å². The van der Waals surface area contributed by atoms with Crippen LogP contribution in [0.4, 0.5) is 4.39 Å². The quantitative estimate of drug-likeness (QED) is 0.731. The highest BCUT2D eigenvalue weighted by Crippen LogP contribution is 2.24. The van der Waals surface area contributed by atoms with Gasteiger partial charge in [-0.3, -0.25) is 9.47 Å². The summed E-state index contributed by atoms with van der Waals surface area (Å²) in [5.74, 6) is -1.02. The molecule has 2 aromatic rings. The van der Waals surface area contributed by atoms with Gasteiger partial charge in [-0.15, -0.1) is 0 Å². The molecule has 1 aromatic heterocycles. The van der Waals surface area contributed by atoms with Crippen molar-refractivity contribution in [3.8, 4) is 0 Å². The van der Waals surface area contributed by atoms with Gasteiger partial charge in [-0.25, -0.2) is 9.18 Å². The average Bonchev–Trinajstić information content (AvgIpc) is 2.45. The average molecular weight is 276 g/mol. The van der Waals surface area contributed by atoms with E-state index in [-0.39, 0.29) is 11.4 Å². The number of esters is 1. The van der Waals surface area contributed by atoms with Gasteiger partial charge in [0.15, 0.2) is 0 Å². The van der Waals surface area contributed by atoms with E-state index in [1.165, 1.54) is 25.4 Å². The van der Waals surface area contributed by atoms with Crippen LogP contribution in [0.2, 0.25) is 0 Å². The second-order valence-electron chi connectivity index (χ2n) is 4.76. The van der Waals surface area contributed by atoms with Gasteiger partial charge in [0.05, 0.1) is 12.6 Å². The molecule has 0 unspecified atom stereocenters. The topological polar surface area (TPSA) is 51.5 Å². The standard InChI is InChI=1S/C14H13FN2O3/c1-16-6-5-8-11(15)4-3-9-12(8)17(16)7-10(13(9)18)14(19)20-2/h3-4,7H,5-6H2,1-2H3. The number of nitrogens with zero attached hydrogens (tertiary/aromatic N) is 2. The molecule has 2 heterocycles. The lowest BCUT2D eigenvalue weighted by molar-refractivity contribution is 0.0598. The van der Waals surface area contributed by atoms with E-state index in [1.54, 1.807) is 4.68 Å². The van der Waals surface area contributed by atoms with Crippen LogP contribution < -0.4 is 10.4 Å². The molecule has 0 atom stereocenters. The Hall–Kier alpha value is -2.37. The molecule has 3 rings (SSSR count). The zero-order chi connectivity index (χ0) is 14.4. The Bertz CT molecular complexity index is 782. The number of methoxy groups -OCH3 is 1. The van der Waals surface area contributed by atoms with Crippen LogP contribution in [-0.2, 0) is 11.2 Å². The Kier molecular flexibility index (Phi) is 2.74.